The van der Waals surface area contributed by atoms with Gasteiger partial charge in [0.15, 0.2) is 0 Å². The van der Waals surface area contributed by atoms with Crippen LogP contribution in [0.1, 0.15) is 43.4 Å². The van der Waals surface area contributed by atoms with Crippen LogP contribution in [0, 0.1) is 0 Å². The van der Waals surface area contributed by atoms with E-state index < -0.39 is 5.60 Å². The molecule has 0 spiro atoms. The summed E-state index contributed by atoms with van der Waals surface area (Å²) in [5.41, 5.74) is 1.44. The van der Waals surface area contributed by atoms with Gasteiger partial charge in [0.05, 0.1) is 0 Å². The van der Waals surface area contributed by atoms with Crippen molar-refractivity contribution >= 4 is 17.6 Å². The van der Waals surface area contributed by atoms with E-state index in [1.165, 1.54) is 4.90 Å². The van der Waals surface area contributed by atoms with Gasteiger partial charge in [-0.3, -0.25) is 4.79 Å². The maximum atomic E-state index is 12.0. The summed E-state index contributed by atoms with van der Waals surface area (Å²) in [6.07, 6.45) is 5.67. The van der Waals surface area contributed by atoms with Crippen LogP contribution in [0.15, 0.2) is 18.5 Å². The van der Waals surface area contributed by atoms with Crippen molar-refractivity contribution in [2.24, 2.45) is 0 Å². The van der Waals surface area contributed by atoms with Crippen molar-refractivity contribution in [3.05, 3.63) is 29.9 Å². The van der Waals surface area contributed by atoms with E-state index >= 15 is 0 Å². The lowest BCUT2D eigenvalue weighted by atomic mass is 10.0. The minimum absolute atomic E-state index is 0.176. The first kappa shape index (κ1) is 17.9. The average Bonchev–Trinajstić information content (AvgIpc) is 2.53. The monoisotopic (exact) mass is 332 g/mol. The minimum Gasteiger partial charge on any atom is -0.444 e. The lowest BCUT2D eigenvalue weighted by Gasteiger charge is -2.29. The van der Waals surface area contributed by atoms with Crippen LogP contribution in [0.2, 0.25) is 0 Å². The molecule has 2 amide bonds. The molecule has 0 aliphatic carbocycles. The molecule has 0 saturated carbocycles. The molecule has 0 bridgehead atoms. The predicted octanol–water partition coefficient (Wildman–Crippen LogP) is 2.20. The SMILES string of the molecule is CN(C)C(=O)c1ncc(C2=CCN(C(=O)OC(C)(C)C)CC2)cn1. The fourth-order valence-corrected chi connectivity index (χ4v) is 2.23. The summed E-state index contributed by atoms with van der Waals surface area (Å²) in [5.74, 6) is -0.0502. The van der Waals surface area contributed by atoms with Crippen LogP contribution in [0.5, 0.6) is 0 Å². The van der Waals surface area contributed by atoms with Gasteiger partial charge in [0.1, 0.15) is 5.60 Å². The lowest BCUT2D eigenvalue weighted by molar-refractivity contribution is 0.0270. The average molecular weight is 332 g/mol. The van der Waals surface area contributed by atoms with Gasteiger partial charge in [-0.05, 0) is 32.8 Å². The van der Waals surface area contributed by atoms with Gasteiger partial charge in [0, 0.05) is 45.1 Å². The molecule has 7 nitrogen and oxygen atoms in total. The van der Waals surface area contributed by atoms with Crippen LogP contribution in [0.4, 0.5) is 4.79 Å². The summed E-state index contributed by atoms with van der Waals surface area (Å²) in [4.78, 5) is 35.2. The molecule has 1 aliphatic rings. The molecule has 130 valence electrons. The number of hydrogen-bond donors (Lipinski definition) is 0. The number of aromatic nitrogens is 2. The van der Waals surface area contributed by atoms with Crippen LogP contribution in [0.3, 0.4) is 0 Å². The quantitative estimate of drug-likeness (QED) is 0.830. The topological polar surface area (TPSA) is 75.6 Å². The molecule has 2 heterocycles. The Kier molecular flexibility index (Phi) is 5.21. The number of carbonyl (C=O) groups is 2. The summed E-state index contributed by atoms with van der Waals surface area (Å²) in [6.45, 7) is 6.62. The molecule has 0 radical (unpaired) electrons. The van der Waals surface area contributed by atoms with E-state index in [0.717, 1.165) is 11.1 Å². The Balaban J connectivity index is 2.02. The highest BCUT2D eigenvalue weighted by Crippen LogP contribution is 2.22. The second-order valence-corrected chi connectivity index (χ2v) is 6.90. The van der Waals surface area contributed by atoms with Crippen molar-refractivity contribution in [3.63, 3.8) is 0 Å². The molecule has 1 aliphatic heterocycles. The number of ether oxygens (including phenoxy) is 1. The summed E-state index contributed by atoms with van der Waals surface area (Å²) in [5, 5.41) is 0. The second-order valence-electron chi connectivity index (χ2n) is 6.90. The highest BCUT2D eigenvalue weighted by Gasteiger charge is 2.24. The van der Waals surface area contributed by atoms with E-state index in [1.54, 1.807) is 31.4 Å². The molecule has 0 N–H and O–H groups in total. The zero-order valence-electron chi connectivity index (χ0n) is 14.9. The third-order valence-electron chi connectivity index (χ3n) is 3.48. The van der Waals surface area contributed by atoms with Crippen molar-refractivity contribution in [2.45, 2.75) is 32.8 Å². The summed E-state index contributed by atoms with van der Waals surface area (Å²) < 4.78 is 5.37. The second kappa shape index (κ2) is 6.98. The highest BCUT2D eigenvalue weighted by atomic mass is 16.6. The Labute approximate surface area is 142 Å². The maximum absolute atomic E-state index is 12.0. The van der Waals surface area contributed by atoms with E-state index in [4.69, 9.17) is 4.74 Å². The molecule has 7 heteroatoms. The summed E-state index contributed by atoms with van der Waals surface area (Å²) >= 11 is 0. The Bertz CT molecular complexity index is 645. The largest absolute Gasteiger partial charge is 0.444 e. The molecule has 1 aromatic rings. The number of rotatable bonds is 2. The minimum atomic E-state index is -0.496. The zero-order chi connectivity index (χ0) is 17.9. The molecular formula is C17H24N4O3. The molecular weight excluding hydrogens is 308 g/mol. The number of hydrogen-bond acceptors (Lipinski definition) is 5. The Morgan fingerprint density at radius 1 is 1.21 bits per heavy atom. The Morgan fingerprint density at radius 2 is 1.83 bits per heavy atom. The van der Waals surface area contributed by atoms with E-state index in [-0.39, 0.29) is 17.8 Å². The molecule has 24 heavy (non-hydrogen) atoms. The van der Waals surface area contributed by atoms with Crippen LogP contribution in [-0.4, -0.2) is 64.6 Å². The molecule has 0 saturated heterocycles. The third kappa shape index (κ3) is 4.53. The van der Waals surface area contributed by atoms with Crippen molar-refractivity contribution in [3.8, 4) is 0 Å². The lowest BCUT2D eigenvalue weighted by Crippen LogP contribution is -2.39. The zero-order valence-corrected chi connectivity index (χ0v) is 14.9. The van der Waals surface area contributed by atoms with Crippen LogP contribution in [-0.2, 0) is 4.74 Å². The highest BCUT2D eigenvalue weighted by molar-refractivity contribution is 5.90. The molecule has 0 unspecified atom stereocenters. The van der Waals surface area contributed by atoms with Crippen LogP contribution >= 0.6 is 0 Å². The number of carbonyl (C=O) groups excluding carboxylic acids is 2. The summed E-state index contributed by atoms with van der Waals surface area (Å²) in [6, 6.07) is 0. The standard InChI is InChI=1S/C17H24N4O3/c1-17(2,3)24-16(23)21-8-6-12(7-9-21)13-10-18-14(19-11-13)15(22)20(4)5/h6,10-11H,7-9H2,1-5H3. The first-order chi connectivity index (χ1) is 11.2. The van der Waals surface area contributed by atoms with Gasteiger partial charge < -0.3 is 14.5 Å². The molecule has 2 rings (SSSR count). The number of amides is 2. The van der Waals surface area contributed by atoms with Crippen LogP contribution in [0.25, 0.3) is 5.57 Å². The van der Waals surface area contributed by atoms with E-state index in [2.05, 4.69) is 9.97 Å². The van der Waals surface area contributed by atoms with Gasteiger partial charge in [-0.2, -0.15) is 0 Å². The van der Waals surface area contributed by atoms with Gasteiger partial charge in [0.25, 0.3) is 5.91 Å². The smallest absolute Gasteiger partial charge is 0.410 e. The van der Waals surface area contributed by atoms with Gasteiger partial charge >= 0.3 is 6.09 Å². The maximum Gasteiger partial charge on any atom is 0.410 e. The first-order valence-corrected chi connectivity index (χ1v) is 7.88. The van der Waals surface area contributed by atoms with Crippen molar-refractivity contribution in [1.82, 2.24) is 19.8 Å². The van der Waals surface area contributed by atoms with E-state index in [1.807, 2.05) is 26.8 Å². The van der Waals surface area contributed by atoms with Crippen molar-refractivity contribution < 1.29 is 14.3 Å². The van der Waals surface area contributed by atoms with Gasteiger partial charge in [-0.25, -0.2) is 14.8 Å². The molecule has 0 atom stereocenters. The third-order valence-corrected chi connectivity index (χ3v) is 3.48. The molecule has 0 fully saturated rings. The number of nitrogens with zero attached hydrogens (tertiary/aromatic N) is 4. The molecule has 0 aromatic carbocycles. The predicted molar refractivity (Wildman–Crippen MR) is 90.5 cm³/mol. The van der Waals surface area contributed by atoms with Gasteiger partial charge in [-0.1, -0.05) is 6.08 Å². The summed E-state index contributed by atoms with van der Waals surface area (Å²) in [7, 11) is 3.32. The Hall–Kier alpha value is -2.44. The van der Waals surface area contributed by atoms with Crippen LogP contribution < -0.4 is 0 Å². The van der Waals surface area contributed by atoms with Crippen molar-refractivity contribution in [2.75, 3.05) is 27.2 Å². The first-order valence-electron chi connectivity index (χ1n) is 7.88. The van der Waals surface area contributed by atoms with Gasteiger partial charge in [0.2, 0.25) is 5.82 Å². The van der Waals surface area contributed by atoms with Crippen molar-refractivity contribution in [1.29, 1.82) is 0 Å². The van der Waals surface area contributed by atoms with Gasteiger partial charge in [-0.15, -0.1) is 0 Å². The van der Waals surface area contributed by atoms with E-state index in [9.17, 15) is 9.59 Å². The van der Waals surface area contributed by atoms with E-state index in [0.29, 0.717) is 19.5 Å². The fraction of sp³-hybridized carbons (Fsp3) is 0.529. The normalized spacial score (nSPS) is 14.9. The Morgan fingerprint density at radius 3 is 2.29 bits per heavy atom. The molecule has 1 aromatic heterocycles. The fourth-order valence-electron chi connectivity index (χ4n) is 2.23.